The van der Waals surface area contributed by atoms with Crippen molar-refractivity contribution >= 4 is 27.3 Å². The molecule has 0 heterocycles. The van der Waals surface area contributed by atoms with Crippen molar-refractivity contribution in [3.05, 3.63) is 58.3 Å². The van der Waals surface area contributed by atoms with E-state index in [0.717, 1.165) is 10.2 Å². The van der Waals surface area contributed by atoms with Crippen molar-refractivity contribution < 1.29 is 4.39 Å². The van der Waals surface area contributed by atoms with Gasteiger partial charge in [0, 0.05) is 4.47 Å². The second-order valence-corrected chi connectivity index (χ2v) is 4.26. The Morgan fingerprint density at radius 3 is 2.59 bits per heavy atom. The topological polar surface area (TPSA) is 35.8 Å². The van der Waals surface area contributed by atoms with Crippen LogP contribution in [-0.2, 0) is 0 Å². The van der Waals surface area contributed by atoms with Crippen LogP contribution in [0.5, 0.6) is 0 Å². The fourth-order valence-electron chi connectivity index (χ4n) is 1.43. The van der Waals surface area contributed by atoms with Gasteiger partial charge in [-0.15, -0.1) is 0 Å². The smallest absolute Gasteiger partial charge is 0.124 e. The van der Waals surface area contributed by atoms with Crippen LogP contribution in [0.3, 0.4) is 0 Å². The van der Waals surface area contributed by atoms with Crippen LogP contribution in [0.15, 0.2) is 46.9 Å². The van der Waals surface area contributed by atoms with Crippen LogP contribution in [0.1, 0.15) is 5.56 Å². The Labute approximate surface area is 107 Å². The molecule has 0 bridgehead atoms. The van der Waals surface area contributed by atoms with E-state index in [4.69, 9.17) is 5.26 Å². The third-order valence-corrected chi connectivity index (χ3v) is 2.94. The highest BCUT2D eigenvalue weighted by atomic mass is 79.9. The number of rotatable bonds is 2. The van der Waals surface area contributed by atoms with Gasteiger partial charge in [-0.3, -0.25) is 0 Å². The van der Waals surface area contributed by atoms with E-state index in [2.05, 4.69) is 21.2 Å². The van der Waals surface area contributed by atoms with Gasteiger partial charge in [-0.25, -0.2) is 4.39 Å². The van der Waals surface area contributed by atoms with Crippen molar-refractivity contribution in [1.29, 1.82) is 5.26 Å². The van der Waals surface area contributed by atoms with Gasteiger partial charge in [0.1, 0.15) is 11.9 Å². The van der Waals surface area contributed by atoms with Crippen LogP contribution in [-0.4, -0.2) is 0 Å². The van der Waals surface area contributed by atoms with Crippen LogP contribution in [0, 0.1) is 17.1 Å². The van der Waals surface area contributed by atoms with Crippen LogP contribution >= 0.6 is 15.9 Å². The first kappa shape index (κ1) is 11.6. The van der Waals surface area contributed by atoms with E-state index in [1.165, 1.54) is 12.1 Å². The summed E-state index contributed by atoms with van der Waals surface area (Å²) < 4.78 is 13.8. The summed E-state index contributed by atoms with van der Waals surface area (Å²) in [6.45, 7) is 0. The summed E-state index contributed by atoms with van der Waals surface area (Å²) >= 11 is 3.40. The Hall–Kier alpha value is -1.86. The zero-order valence-electron chi connectivity index (χ0n) is 8.74. The molecule has 0 unspecified atom stereocenters. The van der Waals surface area contributed by atoms with E-state index < -0.39 is 5.82 Å². The zero-order chi connectivity index (χ0) is 12.3. The number of nitrogens with zero attached hydrogens (tertiary/aromatic N) is 1. The molecule has 2 aromatic carbocycles. The lowest BCUT2D eigenvalue weighted by Crippen LogP contribution is -1.95. The first-order valence-electron chi connectivity index (χ1n) is 4.92. The Bertz CT molecular complexity index is 590. The van der Waals surface area contributed by atoms with Crippen molar-refractivity contribution in [2.24, 2.45) is 0 Å². The van der Waals surface area contributed by atoms with Crippen molar-refractivity contribution in [2.75, 3.05) is 5.32 Å². The minimum absolute atomic E-state index is 0.278. The average Bonchev–Trinajstić information content (AvgIpc) is 2.34. The number of nitrogens with one attached hydrogen (secondary N) is 1. The van der Waals surface area contributed by atoms with E-state index in [9.17, 15) is 4.39 Å². The second kappa shape index (κ2) is 4.98. The SMILES string of the molecule is N#Cc1cc(F)ccc1Nc1ccccc1Br. The fraction of sp³-hybridized carbons (Fsp3) is 0. The third kappa shape index (κ3) is 2.63. The van der Waals surface area contributed by atoms with Crippen LogP contribution < -0.4 is 5.32 Å². The van der Waals surface area contributed by atoms with Crippen molar-refractivity contribution in [2.45, 2.75) is 0 Å². The van der Waals surface area contributed by atoms with E-state index in [0.29, 0.717) is 5.69 Å². The number of halogens is 2. The second-order valence-electron chi connectivity index (χ2n) is 3.41. The Kier molecular flexibility index (Phi) is 3.40. The molecule has 1 N–H and O–H groups in total. The predicted molar refractivity (Wildman–Crippen MR) is 68.5 cm³/mol. The number of hydrogen-bond donors (Lipinski definition) is 1. The lowest BCUT2D eigenvalue weighted by Gasteiger charge is -2.09. The number of para-hydroxylation sites is 1. The molecule has 2 aromatic rings. The van der Waals surface area contributed by atoms with Gasteiger partial charge < -0.3 is 5.32 Å². The summed E-state index contributed by atoms with van der Waals surface area (Å²) in [5.74, 6) is -0.417. The van der Waals surface area contributed by atoms with E-state index in [-0.39, 0.29) is 5.56 Å². The van der Waals surface area contributed by atoms with Gasteiger partial charge in [0.2, 0.25) is 0 Å². The Balaban J connectivity index is 2.37. The number of nitriles is 1. The Morgan fingerprint density at radius 2 is 1.88 bits per heavy atom. The molecule has 0 radical (unpaired) electrons. The molecule has 4 heteroatoms. The molecule has 0 aliphatic carbocycles. The normalized spacial score (nSPS) is 9.71. The minimum Gasteiger partial charge on any atom is -0.354 e. The lowest BCUT2D eigenvalue weighted by molar-refractivity contribution is 0.627. The summed E-state index contributed by atoms with van der Waals surface area (Å²) in [5.41, 5.74) is 1.69. The largest absolute Gasteiger partial charge is 0.354 e. The van der Waals surface area contributed by atoms with Gasteiger partial charge in [0.15, 0.2) is 0 Å². The monoisotopic (exact) mass is 290 g/mol. The molecular formula is C13H8BrFN2. The molecule has 0 atom stereocenters. The average molecular weight is 291 g/mol. The molecular weight excluding hydrogens is 283 g/mol. The molecule has 2 nitrogen and oxygen atoms in total. The predicted octanol–water partition coefficient (Wildman–Crippen LogP) is 4.20. The van der Waals surface area contributed by atoms with Crippen molar-refractivity contribution in [3.63, 3.8) is 0 Å². The van der Waals surface area contributed by atoms with Crippen molar-refractivity contribution in [1.82, 2.24) is 0 Å². The quantitative estimate of drug-likeness (QED) is 0.900. The van der Waals surface area contributed by atoms with Gasteiger partial charge >= 0.3 is 0 Å². The number of anilines is 2. The standard InChI is InChI=1S/C13H8BrFN2/c14-11-3-1-2-4-13(11)17-12-6-5-10(15)7-9(12)8-16/h1-7,17H. The molecule has 0 aliphatic rings. The molecule has 17 heavy (non-hydrogen) atoms. The molecule has 0 amide bonds. The number of benzene rings is 2. The van der Waals surface area contributed by atoms with Crippen LogP contribution in [0.4, 0.5) is 15.8 Å². The van der Waals surface area contributed by atoms with E-state index in [1.54, 1.807) is 6.07 Å². The maximum Gasteiger partial charge on any atom is 0.124 e. The van der Waals surface area contributed by atoms with Gasteiger partial charge in [-0.05, 0) is 46.3 Å². The van der Waals surface area contributed by atoms with Gasteiger partial charge in [0.25, 0.3) is 0 Å². The highest BCUT2D eigenvalue weighted by Crippen LogP contribution is 2.27. The first-order chi connectivity index (χ1) is 8.20. The Morgan fingerprint density at radius 1 is 1.12 bits per heavy atom. The van der Waals surface area contributed by atoms with Gasteiger partial charge in [-0.2, -0.15) is 5.26 Å². The first-order valence-corrected chi connectivity index (χ1v) is 5.71. The van der Waals surface area contributed by atoms with Gasteiger partial charge in [-0.1, -0.05) is 12.1 Å². The highest BCUT2D eigenvalue weighted by Gasteiger charge is 2.05. The minimum atomic E-state index is -0.417. The third-order valence-electron chi connectivity index (χ3n) is 2.25. The summed E-state index contributed by atoms with van der Waals surface area (Å²) in [6, 6.07) is 13.6. The molecule has 0 saturated carbocycles. The molecule has 0 aliphatic heterocycles. The maximum atomic E-state index is 13.0. The van der Waals surface area contributed by atoms with Gasteiger partial charge in [0.05, 0.1) is 16.9 Å². The maximum absolute atomic E-state index is 13.0. The number of hydrogen-bond acceptors (Lipinski definition) is 2. The molecule has 84 valence electrons. The molecule has 0 saturated heterocycles. The molecule has 0 fully saturated rings. The highest BCUT2D eigenvalue weighted by molar-refractivity contribution is 9.10. The summed E-state index contributed by atoms with van der Waals surface area (Å²) in [7, 11) is 0. The van der Waals surface area contributed by atoms with Crippen LogP contribution in [0.2, 0.25) is 0 Å². The van der Waals surface area contributed by atoms with E-state index >= 15 is 0 Å². The fourth-order valence-corrected chi connectivity index (χ4v) is 1.81. The van der Waals surface area contributed by atoms with E-state index in [1.807, 2.05) is 30.3 Å². The summed E-state index contributed by atoms with van der Waals surface area (Å²) in [5, 5.41) is 12.0. The summed E-state index contributed by atoms with van der Waals surface area (Å²) in [6.07, 6.45) is 0. The molecule has 0 aromatic heterocycles. The van der Waals surface area contributed by atoms with Crippen LogP contribution in [0.25, 0.3) is 0 Å². The van der Waals surface area contributed by atoms with Crippen molar-refractivity contribution in [3.8, 4) is 6.07 Å². The molecule has 0 spiro atoms. The zero-order valence-corrected chi connectivity index (χ0v) is 10.3. The molecule has 2 rings (SSSR count). The lowest BCUT2D eigenvalue weighted by atomic mass is 10.2. The summed E-state index contributed by atoms with van der Waals surface area (Å²) in [4.78, 5) is 0.